The van der Waals surface area contributed by atoms with Crippen LogP contribution in [0.4, 0.5) is 5.69 Å². The summed E-state index contributed by atoms with van der Waals surface area (Å²) >= 11 is 1.92. The number of aliphatic hydroxyl groups is 1. The van der Waals surface area contributed by atoms with Crippen LogP contribution in [0.1, 0.15) is 37.6 Å². The number of hydrogen-bond acceptors (Lipinski definition) is 8. The van der Waals surface area contributed by atoms with Gasteiger partial charge in [0, 0.05) is 0 Å². The maximum atomic E-state index is 13.4. The number of hydrogen-bond donors (Lipinski definition) is 1. The van der Waals surface area contributed by atoms with Gasteiger partial charge in [-0.25, -0.2) is 0 Å². The van der Waals surface area contributed by atoms with Crippen molar-refractivity contribution in [2.75, 3.05) is 20.3 Å². The van der Waals surface area contributed by atoms with Gasteiger partial charge < -0.3 is 0 Å². The number of nitro benzene ring substituents is 1. The molecule has 13 heteroatoms. The number of aliphatic hydroxyl groups excluding tert-OH is 1. The number of carbonyl (C=O) groups is 1. The summed E-state index contributed by atoms with van der Waals surface area (Å²) in [6.45, 7) is 10.6. The van der Waals surface area contributed by atoms with Gasteiger partial charge in [0.15, 0.2) is 0 Å². The summed E-state index contributed by atoms with van der Waals surface area (Å²) in [5, 5.41) is 21.6. The van der Waals surface area contributed by atoms with Crippen molar-refractivity contribution in [3.63, 3.8) is 0 Å². The van der Waals surface area contributed by atoms with Crippen LogP contribution >= 0.6 is 29.0 Å². The maximum absolute atomic E-state index is 13.4. The molecule has 1 aromatic rings. The van der Waals surface area contributed by atoms with Gasteiger partial charge in [0.2, 0.25) is 0 Å². The second-order valence-corrected chi connectivity index (χ2v) is 19.9. The number of methoxy groups -OCH3 is 1. The summed E-state index contributed by atoms with van der Waals surface area (Å²) in [5.74, 6) is -0.236. The van der Waals surface area contributed by atoms with Gasteiger partial charge in [0.1, 0.15) is 0 Å². The summed E-state index contributed by atoms with van der Waals surface area (Å²) in [7, 11) is 2.63. The average Bonchev–Trinajstić information content (AvgIpc) is 3.07. The summed E-state index contributed by atoms with van der Waals surface area (Å²) in [6, 6.07) is 1.99. The van der Waals surface area contributed by atoms with Gasteiger partial charge in [0.25, 0.3) is 0 Å². The van der Waals surface area contributed by atoms with Crippen LogP contribution in [-0.2, 0) is 11.7 Å². The molecule has 1 aliphatic heterocycles. The van der Waals surface area contributed by atoms with Crippen LogP contribution in [0.2, 0.25) is 18.1 Å². The van der Waals surface area contributed by atoms with Crippen molar-refractivity contribution in [2.45, 2.75) is 57.5 Å². The fraction of sp³-hybridized carbons (Fsp3) is 0.632. The molecule has 180 valence electrons. The van der Waals surface area contributed by atoms with Gasteiger partial charge >= 0.3 is 167 Å². The van der Waals surface area contributed by atoms with Crippen molar-refractivity contribution in [3.8, 4) is 11.5 Å². The van der Waals surface area contributed by atoms with E-state index in [0.29, 0.717) is 6.42 Å². The van der Waals surface area contributed by atoms with Crippen LogP contribution in [0.15, 0.2) is 12.1 Å². The van der Waals surface area contributed by atoms with Crippen molar-refractivity contribution >= 4 is 56.3 Å². The molecule has 2 atom stereocenters. The molecule has 0 unspecified atom stereocenters. The van der Waals surface area contributed by atoms with Crippen LogP contribution in [0.25, 0.3) is 0 Å². The molecule has 1 amide bonds. The molecule has 9 nitrogen and oxygen atoms in total. The first-order valence-corrected chi connectivity index (χ1v) is 17.6. The number of halogens is 1. The zero-order chi connectivity index (χ0) is 24.4. The van der Waals surface area contributed by atoms with Crippen molar-refractivity contribution in [3.05, 3.63) is 27.8 Å². The van der Waals surface area contributed by atoms with Crippen LogP contribution in [0.5, 0.6) is 11.5 Å². The third kappa shape index (κ3) is 6.26. The zero-order valence-electron chi connectivity index (χ0n) is 19.0. The van der Waals surface area contributed by atoms with Gasteiger partial charge in [-0.1, -0.05) is 20.8 Å². The fourth-order valence-electron chi connectivity index (χ4n) is 3.30. The number of benzene rings is 1. The Kier molecular flexibility index (Phi) is 9.24. The Labute approximate surface area is 205 Å². The Bertz CT molecular complexity index is 963. The van der Waals surface area contributed by atoms with E-state index in [-0.39, 0.29) is 41.4 Å². The molecule has 0 aromatic heterocycles. The number of carbonyl (C=O) groups excluding carboxylic acids is 1. The molecule has 0 bridgehead atoms. The van der Waals surface area contributed by atoms with E-state index in [1.165, 1.54) is 24.1 Å². The third-order valence-electron chi connectivity index (χ3n) is 5.98. The van der Waals surface area contributed by atoms with Gasteiger partial charge in [-0.15, -0.1) is 0 Å². The summed E-state index contributed by atoms with van der Waals surface area (Å²) in [4.78, 5) is 26.0. The van der Waals surface area contributed by atoms with Crippen molar-refractivity contribution in [2.24, 2.45) is 0 Å². The van der Waals surface area contributed by atoms with Gasteiger partial charge in [-0.3, -0.25) is 0 Å². The second kappa shape index (κ2) is 10.7. The number of ether oxygens (including phenoxy) is 1. The number of rotatable bonds is 7. The van der Waals surface area contributed by atoms with Crippen molar-refractivity contribution in [1.82, 2.24) is 4.90 Å². The SMILES string of the molecule is COc1cc(C(=O)N2C[C@H](O[Si](C)(C)C(C)(C)C)C[C@H]2CO)c([N+](=O)[O-])cc1O[S-](#P)I. The molecule has 1 heterocycles. The molecule has 0 saturated carbocycles. The van der Waals surface area contributed by atoms with E-state index >= 15 is 0 Å². The molecular formula is C19H29IN2O7PSSi-. The van der Waals surface area contributed by atoms with E-state index in [0.717, 1.165) is 0 Å². The molecule has 0 aliphatic carbocycles. The van der Waals surface area contributed by atoms with Crippen molar-refractivity contribution in [1.29, 1.82) is 0 Å². The van der Waals surface area contributed by atoms with E-state index in [2.05, 4.69) is 41.7 Å². The molecule has 1 aliphatic rings. The van der Waals surface area contributed by atoms with E-state index in [9.17, 15) is 20.0 Å². The molecule has 0 spiro atoms. The average molecular weight is 615 g/mol. The van der Waals surface area contributed by atoms with Crippen LogP contribution in [0.3, 0.4) is 0 Å². The number of amides is 1. The second-order valence-electron chi connectivity index (χ2n) is 9.10. The fourth-order valence-corrected chi connectivity index (χ4v) is 5.76. The van der Waals surface area contributed by atoms with Crippen LogP contribution < -0.4 is 8.92 Å². The number of nitrogens with zero attached hydrogens (tertiary/aromatic N) is 2. The standard InChI is InChI=1S/C19H29IN2O7PSSi/c1-19(2,3)32(5,6)29-13-7-12(11-23)21(10-13)18(24)14-8-16(27-4)17(28-31(20)30)9-15(14)22(25)26/h8-9,12-13,23H,7,10-11H2,1-6H3/q-1/t12-,13+/m0/s1. The van der Waals surface area contributed by atoms with Crippen LogP contribution in [-0.4, -0.2) is 61.6 Å². The predicted octanol–water partition coefficient (Wildman–Crippen LogP) is 4.79. The molecule has 2 rings (SSSR count). The molecule has 32 heavy (non-hydrogen) atoms. The van der Waals surface area contributed by atoms with E-state index < -0.39 is 38.2 Å². The summed E-state index contributed by atoms with van der Waals surface area (Å²) in [5.41, 5.74) is -0.524. The monoisotopic (exact) mass is 615 g/mol. The quantitative estimate of drug-likeness (QED) is 0.117. The molecular weight excluding hydrogens is 586 g/mol. The molecule has 1 saturated heterocycles. The summed E-state index contributed by atoms with van der Waals surface area (Å²) < 4.78 is 17.2. The number of likely N-dealkylation sites (tertiary alicyclic amines) is 1. The van der Waals surface area contributed by atoms with Gasteiger partial charge in [-0.2, -0.15) is 0 Å². The minimum absolute atomic E-state index is 0.00863. The molecule has 0 radical (unpaired) electrons. The first kappa shape index (κ1) is 27.6. The zero-order valence-corrected chi connectivity index (χ0v) is 23.8. The Balaban J connectivity index is 2.40. The van der Waals surface area contributed by atoms with Crippen LogP contribution in [0, 0.1) is 10.1 Å². The van der Waals surface area contributed by atoms with Gasteiger partial charge in [0.05, 0.1) is 0 Å². The van der Waals surface area contributed by atoms with Crippen molar-refractivity contribution < 1.29 is 28.2 Å². The topological polar surface area (TPSA) is 111 Å². The first-order valence-electron chi connectivity index (χ1n) is 9.95. The normalized spacial score (nSPS) is 19.3. The minimum atomic E-state index is -2.09. The Morgan fingerprint density at radius 2 is 2.03 bits per heavy atom. The molecule has 1 aromatic carbocycles. The molecule has 1 fully saturated rings. The van der Waals surface area contributed by atoms with E-state index in [1.54, 1.807) is 0 Å². The Morgan fingerprint density at radius 1 is 1.41 bits per heavy atom. The van der Waals surface area contributed by atoms with Gasteiger partial charge in [-0.05, 0) is 18.1 Å². The third-order valence-corrected chi connectivity index (χ3v) is 11.6. The van der Waals surface area contributed by atoms with E-state index in [1.807, 2.05) is 21.2 Å². The Hall–Kier alpha value is -0.663. The predicted molar refractivity (Wildman–Crippen MR) is 137 cm³/mol. The number of nitro groups is 1. The summed E-state index contributed by atoms with van der Waals surface area (Å²) in [6.07, 6.45) is 0.226. The molecule has 1 N–H and O–H groups in total. The first-order chi connectivity index (χ1) is 14.7. The Morgan fingerprint density at radius 3 is 2.50 bits per heavy atom. The van der Waals surface area contributed by atoms with E-state index in [4.69, 9.17) is 13.3 Å².